The highest BCUT2D eigenvalue weighted by atomic mass is 35.5. The fourth-order valence-electron chi connectivity index (χ4n) is 2.00. The van der Waals surface area contributed by atoms with E-state index in [1.54, 1.807) is 18.0 Å². The molecule has 1 N–H and O–H groups in total. The fourth-order valence-corrected chi connectivity index (χ4v) is 3.39. The van der Waals surface area contributed by atoms with Crippen LogP contribution in [0.4, 0.5) is 0 Å². The molecule has 0 fully saturated rings. The Balaban J connectivity index is 2.08. The molecule has 0 amide bonds. The molecule has 20 heavy (non-hydrogen) atoms. The van der Waals surface area contributed by atoms with Crippen molar-refractivity contribution in [3.63, 3.8) is 0 Å². The SMILES string of the molecule is CCNC(CSc1ccc(Cl)cc1)c1c(Cl)cnn1C. The van der Waals surface area contributed by atoms with Crippen LogP contribution in [-0.4, -0.2) is 22.1 Å². The molecule has 3 nitrogen and oxygen atoms in total. The number of aryl methyl sites for hydroxylation is 1. The normalized spacial score (nSPS) is 12.6. The van der Waals surface area contributed by atoms with E-state index in [1.165, 1.54) is 4.90 Å². The molecule has 0 saturated heterocycles. The highest BCUT2D eigenvalue weighted by molar-refractivity contribution is 7.99. The van der Waals surface area contributed by atoms with Gasteiger partial charge in [-0.2, -0.15) is 5.10 Å². The number of nitrogens with one attached hydrogen (secondary N) is 1. The third-order valence-corrected chi connectivity index (χ3v) is 4.60. The van der Waals surface area contributed by atoms with Gasteiger partial charge in [0.05, 0.1) is 23.0 Å². The van der Waals surface area contributed by atoms with E-state index >= 15 is 0 Å². The van der Waals surface area contributed by atoms with Crippen LogP contribution in [0.3, 0.4) is 0 Å². The van der Waals surface area contributed by atoms with Gasteiger partial charge in [-0.05, 0) is 30.8 Å². The zero-order valence-electron chi connectivity index (χ0n) is 11.4. The van der Waals surface area contributed by atoms with Gasteiger partial charge in [0.2, 0.25) is 0 Å². The quantitative estimate of drug-likeness (QED) is 0.806. The molecule has 0 aliphatic heterocycles. The predicted molar refractivity (Wildman–Crippen MR) is 86.8 cm³/mol. The van der Waals surface area contributed by atoms with Gasteiger partial charge < -0.3 is 5.32 Å². The Morgan fingerprint density at radius 3 is 2.55 bits per heavy atom. The monoisotopic (exact) mass is 329 g/mol. The molecule has 2 aromatic rings. The van der Waals surface area contributed by atoms with E-state index in [0.717, 1.165) is 23.0 Å². The molecule has 1 aromatic heterocycles. The molecule has 0 bridgehead atoms. The molecule has 0 aliphatic carbocycles. The van der Waals surface area contributed by atoms with Crippen LogP contribution in [0.2, 0.25) is 10.0 Å². The van der Waals surface area contributed by atoms with Gasteiger partial charge in [-0.1, -0.05) is 30.1 Å². The van der Waals surface area contributed by atoms with Crippen molar-refractivity contribution in [2.45, 2.75) is 17.9 Å². The maximum atomic E-state index is 6.23. The highest BCUT2D eigenvalue weighted by Crippen LogP contribution is 2.29. The van der Waals surface area contributed by atoms with Crippen molar-refractivity contribution in [3.05, 3.63) is 46.2 Å². The summed E-state index contributed by atoms with van der Waals surface area (Å²) in [5.41, 5.74) is 1.02. The van der Waals surface area contributed by atoms with E-state index < -0.39 is 0 Å². The molecule has 1 atom stereocenters. The number of hydrogen-bond donors (Lipinski definition) is 1. The number of nitrogens with zero attached hydrogens (tertiary/aromatic N) is 2. The van der Waals surface area contributed by atoms with Gasteiger partial charge in [0.15, 0.2) is 0 Å². The first-order valence-corrected chi connectivity index (χ1v) is 8.15. The Morgan fingerprint density at radius 2 is 2.00 bits per heavy atom. The molecular formula is C14H17Cl2N3S. The van der Waals surface area contributed by atoms with E-state index in [4.69, 9.17) is 23.2 Å². The van der Waals surface area contributed by atoms with E-state index in [-0.39, 0.29) is 6.04 Å². The number of thioether (sulfide) groups is 1. The van der Waals surface area contributed by atoms with Crippen molar-refractivity contribution in [1.29, 1.82) is 0 Å². The van der Waals surface area contributed by atoms with Crippen LogP contribution >= 0.6 is 35.0 Å². The molecule has 1 aromatic carbocycles. The summed E-state index contributed by atoms with van der Waals surface area (Å²) in [6.45, 7) is 2.97. The molecule has 0 aliphatic rings. The van der Waals surface area contributed by atoms with Crippen LogP contribution < -0.4 is 5.32 Å². The summed E-state index contributed by atoms with van der Waals surface area (Å²) >= 11 is 13.9. The number of halogens is 2. The van der Waals surface area contributed by atoms with Crippen molar-refractivity contribution in [3.8, 4) is 0 Å². The third kappa shape index (κ3) is 3.92. The standard InChI is InChI=1S/C14H17Cl2N3S/c1-3-17-13(14-12(16)8-18-19(14)2)9-20-11-6-4-10(15)5-7-11/h4-8,13,17H,3,9H2,1-2H3. The molecule has 1 heterocycles. The smallest absolute Gasteiger partial charge is 0.0834 e. The maximum absolute atomic E-state index is 6.23. The van der Waals surface area contributed by atoms with E-state index in [1.807, 2.05) is 36.0 Å². The lowest BCUT2D eigenvalue weighted by Gasteiger charge is -2.18. The number of rotatable bonds is 6. The van der Waals surface area contributed by atoms with Gasteiger partial charge in [0.1, 0.15) is 0 Å². The Kier molecular flexibility index (Phi) is 5.78. The van der Waals surface area contributed by atoms with Crippen LogP contribution in [0.15, 0.2) is 35.4 Å². The second kappa shape index (κ2) is 7.36. The Hall–Kier alpha value is -0.680. The predicted octanol–water partition coefficient (Wildman–Crippen LogP) is 4.17. The molecular weight excluding hydrogens is 313 g/mol. The van der Waals surface area contributed by atoms with Crippen LogP contribution in [0, 0.1) is 0 Å². The van der Waals surface area contributed by atoms with Crippen molar-refractivity contribution in [2.24, 2.45) is 7.05 Å². The van der Waals surface area contributed by atoms with Crippen LogP contribution in [0.5, 0.6) is 0 Å². The summed E-state index contributed by atoms with van der Waals surface area (Å²) in [5, 5.41) is 9.12. The lowest BCUT2D eigenvalue weighted by atomic mass is 10.2. The Morgan fingerprint density at radius 1 is 1.30 bits per heavy atom. The van der Waals surface area contributed by atoms with Gasteiger partial charge >= 0.3 is 0 Å². The molecule has 0 radical (unpaired) electrons. The lowest BCUT2D eigenvalue weighted by molar-refractivity contribution is 0.553. The van der Waals surface area contributed by atoms with Gasteiger partial charge in [-0.25, -0.2) is 0 Å². The first-order valence-electron chi connectivity index (χ1n) is 6.41. The first-order chi connectivity index (χ1) is 9.61. The lowest BCUT2D eigenvalue weighted by Crippen LogP contribution is -2.25. The minimum absolute atomic E-state index is 0.167. The van der Waals surface area contributed by atoms with Crippen LogP contribution in [0.1, 0.15) is 18.7 Å². The topological polar surface area (TPSA) is 29.9 Å². The molecule has 1 unspecified atom stereocenters. The summed E-state index contributed by atoms with van der Waals surface area (Å²) < 4.78 is 1.83. The first kappa shape index (κ1) is 15.7. The average Bonchev–Trinajstić information content (AvgIpc) is 2.76. The number of benzene rings is 1. The largest absolute Gasteiger partial charge is 0.308 e. The fraction of sp³-hybridized carbons (Fsp3) is 0.357. The van der Waals surface area contributed by atoms with Crippen molar-refractivity contribution < 1.29 is 0 Å². The second-order valence-corrected chi connectivity index (χ2v) is 6.31. The van der Waals surface area contributed by atoms with Crippen molar-refractivity contribution in [1.82, 2.24) is 15.1 Å². The Bertz CT molecular complexity index is 535. The van der Waals surface area contributed by atoms with E-state index in [0.29, 0.717) is 5.02 Å². The maximum Gasteiger partial charge on any atom is 0.0834 e. The van der Waals surface area contributed by atoms with Crippen molar-refractivity contribution in [2.75, 3.05) is 12.3 Å². The zero-order valence-corrected chi connectivity index (χ0v) is 13.8. The zero-order chi connectivity index (χ0) is 14.5. The number of hydrogen-bond acceptors (Lipinski definition) is 3. The van der Waals surface area contributed by atoms with Gasteiger partial charge in [0.25, 0.3) is 0 Å². The average molecular weight is 330 g/mol. The summed E-state index contributed by atoms with van der Waals surface area (Å²) in [6.07, 6.45) is 1.69. The van der Waals surface area contributed by atoms with Crippen molar-refractivity contribution >= 4 is 35.0 Å². The highest BCUT2D eigenvalue weighted by Gasteiger charge is 2.18. The number of aromatic nitrogens is 2. The van der Waals surface area contributed by atoms with E-state index in [2.05, 4.69) is 17.3 Å². The summed E-state index contributed by atoms with van der Waals surface area (Å²) in [5.74, 6) is 0.884. The molecule has 108 valence electrons. The summed E-state index contributed by atoms with van der Waals surface area (Å²) in [6, 6.07) is 8.04. The van der Waals surface area contributed by atoms with E-state index in [9.17, 15) is 0 Å². The van der Waals surface area contributed by atoms with Crippen LogP contribution in [-0.2, 0) is 7.05 Å². The minimum Gasteiger partial charge on any atom is -0.308 e. The van der Waals surface area contributed by atoms with Gasteiger partial charge in [-0.3, -0.25) is 4.68 Å². The summed E-state index contributed by atoms with van der Waals surface area (Å²) in [7, 11) is 1.92. The van der Waals surface area contributed by atoms with Gasteiger partial charge in [-0.15, -0.1) is 11.8 Å². The second-order valence-electron chi connectivity index (χ2n) is 4.38. The molecule has 0 saturated carbocycles. The van der Waals surface area contributed by atoms with Gasteiger partial charge in [0, 0.05) is 22.7 Å². The summed E-state index contributed by atoms with van der Waals surface area (Å²) in [4.78, 5) is 1.19. The Labute approximate surface area is 133 Å². The molecule has 0 spiro atoms. The molecule has 2 rings (SSSR count). The van der Waals surface area contributed by atoms with Crippen LogP contribution in [0.25, 0.3) is 0 Å². The molecule has 6 heteroatoms. The third-order valence-electron chi connectivity index (χ3n) is 2.95. The minimum atomic E-state index is 0.167.